The maximum absolute atomic E-state index is 5.89. The van der Waals surface area contributed by atoms with Crippen molar-refractivity contribution < 1.29 is 0 Å². The molecule has 1 N–H and O–H groups in total. The van der Waals surface area contributed by atoms with Gasteiger partial charge in [0.15, 0.2) is 5.11 Å². The summed E-state index contributed by atoms with van der Waals surface area (Å²) in [5.41, 5.74) is 2.01. The normalized spacial score (nSPS) is 10.4. The van der Waals surface area contributed by atoms with Gasteiger partial charge in [-0.1, -0.05) is 29.8 Å². The Labute approximate surface area is 130 Å². The van der Waals surface area contributed by atoms with E-state index in [0.29, 0.717) is 10.1 Å². The van der Waals surface area contributed by atoms with Crippen LogP contribution in [0.3, 0.4) is 0 Å². The molecule has 2 aromatic rings. The van der Waals surface area contributed by atoms with E-state index in [1.165, 1.54) is 0 Å². The highest BCUT2D eigenvalue weighted by Crippen LogP contribution is 2.19. The number of para-hydroxylation sites is 1. The number of halogens is 1. The van der Waals surface area contributed by atoms with E-state index in [2.05, 4.69) is 36.2 Å². The number of benzene rings is 2. The van der Waals surface area contributed by atoms with Crippen molar-refractivity contribution >= 4 is 40.3 Å². The smallest absolute Gasteiger partial charge is 0.178 e. The molecule has 0 spiro atoms. The Morgan fingerprint density at radius 3 is 2.20 bits per heavy atom. The average molecular weight is 305 g/mol. The number of hydrogen-bond acceptors (Lipinski definition) is 1. The Balaban J connectivity index is 2.18. The van der Waals surface area contributed by atoms with Crippen LogP contribution in [0.5, 0.6) is 0 Å². The molecule has 0 atom stereocenters. The molecule has 2 rings (SSSR count). The Kier molecular flexibility index (Phi) is 4.99. The molecular weight excluding hydrogens is 288 g/mol. The minimum Gasteiger partial charge on any atom is -0.332 e. The number of nitrogens with one attached hydrogen (secondary N) is 1. The summed E-state index contributed by atoms with van der Waals surface area (Å²) in [6.45, 7) is 4.23. The first-order chi connectivity index (χ1) is 9.58. The van der Waals surface area contributed by atoms with Gasteiger partial charge in [-0.15, -0.1) is 0 Å². The molecule has 20 heavy (non-hydrogen) atoms. The zero-order chi connectivity index (χ0) is 14.5. The van der Waals surface area contributed by atoms with Gasteiger partial charge in [0.1, 0.15) is 0 Å². The van der Waals surface area contributed by atoms with Gasteiger partial charge < -0.3 is 10.2 Å². The molecule has 0 aliphatic rings. The van der Waals surface area contributed by atoms with Crippen molar-refractivity contribution in [3.63, 3.8) is 0 Å². The van der Waals surface area contributed by atoms with Crippen molar-refractivity contribution in [2.24, 2.45) is 0 Å². The first-order valence-corrected chi connectivity index (χ1v) is 7.27. The van der Waals surface area contributed by atoms with Gasteiger partial charge in [-0.3, -0.25) is 0 Å². The van der Waals surface area contributed by atoms with Crippen LogP contribution in [0.2, 0.25) is 5.02 Å². The molecule has 0 saturated heterocycles. The zero-order valence-corrected chi connectivity index (χ0v) is 13.1. The molecule has 2 aromatic carbocycles. The lowest BCUT2D eigenvalue weighted by atomic mass is 10.2. The molecular formula is C16H17ClN2S. The maximum atomic E-state index is 5.89. The van der Waals surface area contributed by atoms with Crippen LogP contribution in [0.1, 0.15) is 13.8 Å². The van der Waals surface area contributed by atoms with Crippen LogP contribution < -0.4 is 10.2 Å². The van der Waals surface area contributed by atoms with Gasteiger partial charge in [-0.05, 0) is 62.5 Å². The van der Waals surface area contributed by atoms with E-state index in [4.69, 9.17) is 23.8 Å². The minimum atomic E-state index is 0.268. The molecule has 0 amide bonds. The highest BCUT2D eigenvalue weighted by Gasteiger charge is 2.15. The van der Waals surface area contributed by atoms with E-state index < -0.39 is 0 Å². The number of anilines is 2. The van der Waals surface area contributed by atoms with Gasteiger partial charge in [0.2, 0.25) is 0 Å². The zero-order valence-electron chi connectivity index (χ0n) is 11.5. The summed E-state index contributed by atoms with van der Waals surface area (Å²) < 4.78 is 0. The van der Waals surface area contributed by atoms with Crippen molar-refractivity contribution in [1.29, 1.82) is 0 Å². The third-order valence-corrected chi connectivity index (χ3v) is 3.42. The van der Waals surface area contributed by atoms with Crippen LogP contribution in [-0.4, -0.2) is 11.2 Å². The van der Waals surface area contributed by atoms with Gasteiger partial charge in [-0.25, -0.2) is 0 Å². The molecule has 2 nitrogen and oxygen atoms in total. The van der Waals surface area contributed by atoms with Crippen LogP contribution in [-0.2, 0) is 0 Å². The Morgan fingerprint density at radius 1 is 1.05 bits per heavy atom. The van der Waals surface area contributed by atoms with Gasteiger partial charge in [-0.2, -0.15) is 0 Å². The summed E-state index contributed by atoms with van der Waals surface area (Å²) in [5.74, 6) is 0. The first-order valence-electron chi connectivity index (χ1n) is 6.49. The molecule has 0 aliphatic heterocycles. The molecule has 0 radical (unpaired) electrons. The molecule has 0 aromatic heterocycles. The van der Waals surface area contributed by atoms with Crippen molar-refractivity contribution in [2.45, 2.75) is 19.9 Å². The van der Waals surface area contributed by atoms with Crippen LogP contribution in [0, 0.1) is 0 Å². The third-order valence-electron chi connectivity index (χ3n) is 2.87. The number of nitrogens with zero attached hydrogens (tertiary/aromatic N) is 1. The average Bonchev–Trinajstić information content (AvgIpc) is 2.42. The largest absolute Gasteiger partial charge is 0.332 e. The van der Waals surface area contributed by atoms with Crippen LogP contribution >= 0.6 is 23.8 Å². The van der Waals surface area contributed by atoms with E-state index in [0.717, 1.165) is 11.4 Å². The lowest BCUT2D eigenvalue weighted by molar-refractivity contribution is 0.811. The van der Waals surface area contributed by atoms with Crippen molar-refractivity contribution in [2.75, 3.05) is 10.2 Å². The highest BCUT2D eigenvalue weighted by molar-refractivity contribution is 7.80. The Hall–Kier alpha value is -1.58. The summed E-state index contributed by atoms with van der Waals surface area (Å²) in [6, 6.07) is 17.9. The summed E-state index contributed by atoms with van der Waals surface area (Å²) >= 11 is 11.4. The van der Waals surface area contributed by atoms with E-state index in [-0.39, 0.29) is 6.04 Å². The predicted molar refractivity (Wildman–Crippen MR) is 91.7 cm³/mol. The molecule has 0 unspecified atom stereocenters. The van der Waals surface area contributed by atoms with Crippen molar-refractivity contribution in [1.82, 2.24) is 0 Å². The summed E-state index contributed by atoms with van der Waals surface area (Å²) in [5, 5.41) is 4.64. The van der Waals surface area contributed by atoms with E-state index in [1.807, 2.05) is 42.5 Å². The predicted octanol–water partition coefficient (Wildman–Crippen LogP) is 4.95. The van der Waals surface area contributed by atoms with E-state index >= 15 is 0 Å². The molecule has 4 heteroatoms. The molecule has 104 valence electrons. The molecule has 0 aliphatic carbocycles. The number of rotatable bonds is 3. The molecule has 0 fully saturated rings. The second-order valence-electron chi connectivity index (χ2n) is 4.74. The number of hydrogen-bond donors (Lipinski definition) is 1. The standard InChI is InChI=1S/C16H17ClN2S/c1-12(2)19(15-6-4-3-5-7-15)16(20)18-14-10-8-13(17)9-11-14/h3-12H,1-2H3,(H,18,20). The molecule has 0 heterocycles. The SMILES string of the molecule is CC(C)N(C(=S)Nc1ccc(Cl)cc1)c1ccccc1. The fourth-order valence-corrected chi connectivity index (χ4v) is 2.52. The Morgan fingerprint density at radius 2 is 1.65 bits per heavy atom. The van der Waals surface area contributed by atoms with Gasteiger partial charge in [0, 0.05) is 22.4 Å². The quantitative estimate of drug-likeness (QED) is 0.808. The second-order valence-corrected chi connectivity index (χ2v) is 5.56. The highest BCUT2D eigenvalue weighted by atomic mass is 35.5. The monoisotopic (exact) mass is 304 g/mol. The van der Waals surface area contributed by atoms with Crippen LogP contribution in [0.25, 0.3) is 0 Å². The summed E-state index contributed by atoms with van der Waals surface area (Å²) in [6.07, 6.45) is 0. The van der Waals surface area contributed by atoms with Crippen molar-refractivity contribution in [3.05, 3.63) is 59.6 Å². The third kappa shape index (κ3) is 3.71. The minimum absolute atomic E-state index is 0.268. The van der Waals surface area contributed by atoms with Crippen LogP contribution in [0.15, 0.2) is 54.6 Å². The van der Waals surface area contributed by atoms with Gasteiger partial charge >= 0.3 is 0 Å². The van der Waals surface area contributed by atoms with E-state index in [9.17, 15) is 0 Å². The van der Waals surface area contributed by atoms with Crippen LogP contribution in [0.4, 0.5) is 11.4 Å². The number of thiocarbonyl (C=S) groups is 1. The van der Waals surface area contributed by atoms with Gasteiger partial charge in [0.05, 0.1) is 0 Å². The molecule has 0 saturated carbocycles. The summed E-state index contributed by atoms with van der Waals surface area (Å²) in [4.78, 5) is 2.09. The van der Waals surface area contributed by atoms with E-state index in [1.54, 1.807) is 0 Å². The second kappa shape index (κ2) is 6.73. The fourth-order valence-electron chi connectivity index (χ4n) is 1.96. The van der Waals surface area contributed by atoms with Gasteiger partial charge in [0.25, 0.3) is 0 Å². The first kappa shape index (κ1) is 14.8. The topological polar surface area (TPSA) is 15.3 Å². The lowest BCUT2D eigenvalue weighted by Gasteiger charge is -2.29. The maximum Gasteiger partial charge on any atom is 0.178 e. The Bertz CT molecular complexity index is 567. The fraction of sp³-hybridized carbons (Fsp3) is 0.188. The summed E-state index contributed by atoms with van der Waals surface area (Å²) in [7, 11) is 0. The van der Waals surface area contributed by atoms with Crippen molar-refractivity contribution in [3.8, 4) is 0 Å². The molecule has 0 bridgehead atoms. The lowest BCUT2D eigenvalue weighted by Crippen LogP contribution is -2.40.